The molecule has 0 aliphatic carbocycles. The maximum absolute atomic E-state index is 13.7. The molecule has 0 radical (unpaired) electrons. The van der Waals surface area contributed by atoms with Gasteiger partial charge in [-0.25, -0.2) is 15.0 Å². The Bertz CT molecular complexity index is 677. The van der Waals surface area contributed by atoms with Crippen LogP contribution in [0.4, 0.5) is 4.39 Å². The van der Waals surface area contributed by atoms with Gasteiger partial charge in [0, 0.05) is 61.7 Å². The molecule has 0 aromatic carbocycles. The lowest BCUT2D eigenvalue weighted by Gasteiger charge is -2.28. The second-order valence-electron chi connectivity index (χ2n) is 5.57. The van der Waals surface area contributed by atoms with E-state index in [-0.39, 0.29) is 0 Å². The molecule has 0 amide bonds. The van der Waals surface area contributed by atoms with Crippen LogP contribution < -0.4 is 0 Å². The van der Waals surface area contributed by atoms with E-state index in [0.717, 1.165) is 49.4 Å². The summed E-state index contributed by atoms with van der Waals surface area (Å²) in [6.07, 6.45) is 6.06. The normalized spacial score (nSPS) is 14.9. The second kappa shape index (κ2) is 6.67. The van der Waals surface area contributed by atoms with Gasteiger partial charge in [-0.05, 0) is 12.5 Å². The van der Waals surface area contributed by atoms with Gasteiger partial charge in [0.25, 0.3) is 0 Å². The van der Waals surface area contributed by atoms with Crippen molar-refractivity contribution in [2.75, 3.05) is 6.54 Å². The molecule has 1 aliphatic heterocycles. The Morgan fingerprint density at radius 1 is 1.32 bits per heavy atom. The van der Waals surface area contributed by atoms with E-state index in [1.54, 1.807) is 6.07 Å². The maximum Gasteiger partial charge on any atom is 0.217 e. The molecule has 4 nitrogen and oxygen atoms in total. The van der Waals surface area contributed by atoms with E-state index in [1.165, 1.54) is 6.20 Å². The summed E-state index contributed by atoms with van der Waals surface area (Å²) < 4.78 is 13.7. The Hall–Kier alpha value is -1.59. The molecule has 0 saturated heterocycles. The topological polar surface area (TPSA) is 41.9 Å². The van der Waals surface area contributed by atoms with E-state index < -0.39 is 5.95 Å². The highest BCUT2D eigenvalue weighted by Crippen LogP contribution is 2.21. The molecule has 22 heavy (non-hydrogen) atoms. The average molecular weight is 321 g/mol. The minimum absolute atomic E-state index is 0.454. The smallest absolute Gasteiger partial charge is 0.217 e. The van der Waals surface area contributed by atoms with E-state index in [1.807, 2.05) is 6.20 Å². The summed E-state index contributed by atoms with van der Waals surface area (Å²) in [6, 6.07) is 1.64. The molecule has 0 bridgehead atoms. The first-order chi connectivity index (χ1) is 10.7. The molecule has 0 saturated carbocycles. The minimum Gasteiger partial charge on any atom is -0.294 e. The predicted octanol–water partition coefficient (Wildman–Crippen LogP) is 3.17. The van der Waals surface area contributed by atoms with Crippen LogP contribution in [0.25, 0.3) is 0 Å². The van der Waals surface area contributed by atoms with Crippen molar-refractivity contribution in [1.82, 2.24) is 19.9 Å². The number of pyridine rings is 1. The van der Waals surface area contributed by atoms with Crippen LogP contribution in [0.15, 0.2) is 18.5 Å². The van der Waals surface area contributed by atoms with Gasteiger partial charge in [-0.1, -0.05) is 18.5 Å². The first kappa shape index (κ1) is 15.3. The van der Waals surface area contributed by atoms with Crippen LogP contribution in [0.1, 0.15) is 36.0 Å². The van der Waals surface area contributed by atoms with Crippen LogP contribution in [-0.2, 0) is 25.9 Å². The van der Waals surface area contributed by atoms with Crippen molar-refractivity contribution in [1.29, 1.82) is 0 Å². The lowest BCUT2D eigenvalue weighted by Crippen LogP contribution is -2.31. The van der Waals surface area contributed by atoms with Crippen molar-refractivity contribution in [2.45, 2.75) is 39.3 Å². The van der Waals surface area contributed by atoms with E-state index in [0.29, 0.717) is 17.1 Å². The van der Waals surface area contributed by atoms with Crippen molar-refractivity contribution in [3.8, 4) is 0 Å². The van der Waals surface area contributed by atoms with Crippen molar-refractivity contribution in [3.05, 3.63) is 52.1 Å². The molecule has 3 rings (SSSR count). The van der Waals surface area contributed by atoms with Gasteiger partial charge < -0.3 is 0 Å². The van der Waals surface area contributed by atoms with E-state index in [4.69, 9.17) is 11.6 Å². The van der Waals surface area contributed by atoms with Crippen LogP contribution >= 0.6 is 11.6 Å². The van der Waals surface area contributed by atoms with Gasteiger partial charge in [0.2, 0.25) is 5.95 Å². The Labute approximate surface area is 134 Å². The molecular weight excluding hydrogens is 303 g/mol. The molecular formula is C16H18ClFN4. The van der Waals surface area contributed by atoms with Crippen molar-refractivity contribution in [2.24, 2.45) is 0 Å². The Morgan fingerprint density at radius 3 is 3.00 bits per heavy atom. The largest absolute Gasteiger partial charge is 0.294 e. The summed E-state index contributed by atoms with van der Waals surface area (Å²) in [5.41, 5.74) is 2.78. The van der Waals surface area contributed by atoms with Crippen LogP contribution in [0, 0.1) is 5.95 Å². The highest BCUT2D eigenvalue weighted by atomic mass is 35.5. The van der Waals surface area contributed by atoms with Crippen molar-refractivity contribution >= 4 is 11.6 Å². The van der Waals surface area contributed by atoms with Gasteiger partial charge >= 0.3 is 0 Å². The lowest BCUT2D eigenvalue weighted by atomic mass is 10.1. The number of aryl methyl sites for hydroxylation is 1. The quantitative estimate of drug-likeness (QED) is 0.811. The number of rotatable bonds is 4. The van der Waals surface area contributed by atoms with E-state index >= 15 is 0 Å². The zero-order chi connectivity index (χ0) is 15.5. The molecule has 6 heteroatoms. The average Bonchev–Trinajstić information content (AvgIpc) is 2.51. The molecule has 3 heterocycles. The fraction of sp³-hybridized carbons (Fsp3) is 0.438. The third-order valence-corrected chi connectivity index (χ3v) is 4.02. The van der Waals surface area contributed by atoms with E-state index in [2.05, 4.69) is 26.8 Å². The van der Waals surface area contributed by atoms with Gasteiger partial charge in [0.15, 0.2) is 0 Å². The third kappa shape index (κ3) is 3.42. The number of hydrogen-bond acceptors (Lipinski definition) is 4. The summed E-state index contributed by atoms with van der Waals surface area (Å²) in [7, 11) is 0. The Morgan fingerprint density at radius 2 is 2.18 bits per heavy atom. The molecule has 2 aromatic rings. The molecule has 0 fully saturated rings. The molecule has 0 N–H and O–H groups in total. The highest BCUT2D eigenvalue weighted by Gasteiger charge is 2.19. The highest BCUT2D eigenvalue weighted by molar-refractivity contribution is 6.30. The zero-order valence-corrected chi connectivity index (χ0v) is 13.3. The summed E-state index contributed by atoms with van der Waals surface area (Å²) in [6.45, 7) is 4.20. The van der Waals surface area contributed by atoms with Gasteiger partial charge in [0.1, 0.15) is 5.82 Å². The SMILES string of the molecule is CCCc1ncc2c(n1)CCN(Cc1cc(Cl)cnc1F)C2. The summed E-state index contributed by atoms with van der Waals surface area (Å²) in [5.74, 6) is 0.463. The lowest BCUT2D eigenvalue weighted by molar-refractivity contribution is 0.238. The standard InChI is InChI=1S/C16H18ClFN4/c1-2-3-15-19-7-12-10-22(5-4-14(12)21-15)9-11-6-13(17)8-20-16(11)18/h6-8H,2-5,9-10H2,1H3. The van der Waals surface area contributed by atoms with Crippen LogP contribution in [0.3, 0.4) is 0 Å². The number of fused-ring (bicyclic) bond motifs is 1. The van der Waals surface area contributed by atoms with Gasteiger partial charge in [-0.15, -0.1) is 0 Å². The first-order valence-corrected chi connectivity index (χ1v) is 7.89. The first-order valence-electron chi connectivity index (χ1n) is 7.51. The number of aromatic nitrogens is 3. The van der Waals surface area contributed by atoms with Crippen LogP contribution in [0.2, 0.25) is 5.02 Å². The Balaban J connectivity index is 1.73. The number of halogens is 2. The summed E-state index contributed by atoms with van der Waals surface area (Å²) in [5, 5.41) is 0.460. The van der Waals surface area contributed by atoms with E-state index in [9.17, 15) is 4.39 Å². The second-order valence-corrected chi connectivity index (χ2v) is 6.01. The fourth-order valence-electron chi connectivity index (χ4n) is 2.71. The zero-order valence-electron chi connectivity index (χ0n) is 12.5. The molecule has 1 aliphatic rings. The molecule has 0 spiro atoms. The van der Waals surface area contributed by atoms with Crippen molar-refractivity contribution in [3.63, 3.8) is 0 Å². The third-order valence-electron chi connectivity index (χ3n) is 3.81. The molecule has 0 unspecified atom stereocenters. The summed E-state index contributed by atoms with van der Waals surface area (Å²) in [4.78, 5) is 14.9. The monoisotopic (exact) mass is 320 g/mol. The molecule has 116 valence electrons. The predicted molar refractivity (Wildman–Crippen MR) is 83.1 cm³/mol. The minimum atomic E-state index is -0.454. The Kier molecular flexibility index (Phi) is 4.64. The van der Waals surface area contributed by atoms with Gasteiger partial charge in [0.05, 0.1) is 5.02 Å². The van der Waals surface area contributed by atoms with Crippen molar-refractivity contribution < 1.29 is 4.39 Å². The van der Waals surface area contributed by atoms with Gasteiger partial charge in [-0.2, -0.15) is 4.39 Å². The number of nitrogens with zero attached hydrogens (tertiary/aromatic N) is 4. The molecule has 0 atom stereocenters. The molecule has 2 aromatic heterocycles. The van der Waals surface area contributed by atoms with Crippen LogP contribution in [0.5, 0.6) is 0 Å². The fourth-order valence-corrected chi connectivity index (χ4v) is 2.89. The number of hydrogen-bond donors (Lipinski definition) is 0. The van der Waals surface area contributed by atoms with Gasteiger partial charge in [-0.3, -0.25) is 4.90 Å². The van der Waals surface area contributed by atoms with Crippen LogP contribution in [-0.4, -0.2) is 26.4 Å². The maximum atomic E-state index is 13.7. The summed E-state index contributed by atoms with van der Waals surface area (Å²) >= 11 is 5.90.